The minimum Gasteiger partial charge on any atom is -0.464 e. The second-order valence-corrected chi connectivity index (χ2v) is 3.05. The number of nitrogens with two attached hydrogens (primary N) is 1. The lowest BCUT2D eigenvalue weighted by atomic mass is 10.3. The summed E-state index contributed by atoms with van der Waals surface area (Å²) in [5, 5.41) is 2.70. The van der Waals surface area contributed by atoms with Crippen molar-refractivity contribution in [3.8, 4) is 0 Å². The van der Waals surface area contributed by atoms with E-state index in [4.69, 9.17) is 5.73 Å². The summed E-state index contributed by atoms with van der Waals surface area (Å²) >= 11 is 0. The Morgan fingerprint density at radius 2 is 2.19 bits per heavy atom. The van der Waals surface area contributed by atoms with E-state index in [0.717, 1.165) is 0 Å². The Bertz CT molecular complexity index is 407. The van der Waals surface area contributed by atoms with Crippen molar-refractivity contribution in [1.82, 2.24) is 9.97 Å². The molecule has 1 heterocycles. The van der Waals surface area contributed by atoms with Crippen LogP contribution in [0, 0.1) is 0 Å². The molecule has 0 fully saturated rings. The number of anilines is 1. The predicted molar refractivity (Wildman–Crippen MR) is 55.7 cm³/mol. The van der Waals surface area contributed by atoms with E-state index in [1.165, 1.54) is 19.5 Å². The van der Waals surface area contributed by atoms with Gasteiger partial charge in [0.2, 0.25) is 5.91 Å². The fourth-order valence-electron chi connectivity index (χ4n) is 0.931. The highest BCUT2D eigenvalue weighted by molar-refractivity contribution is 5.87. The normalized spacial score (nSPS) is 11.6. The highest BCUT2D eigenvalue weighted by atomic mass is 16.5. The number of rotatable bonds is 4. The number of aromatic nitrogens is 2. The van der Waals surface area contributed by atoms with E-state index in [9.17, 15) is 9.59 Å². The number of carbonyl (C=O) groups is 2. The number of hydrogen-bond donors (Lipinski definition) is 2. The quantitative estimate of drug-likeness (QED) is 0.670. The summed E-state index contributed by atoms with van der Waals surface area (Å²) in [6.45, 7) is 1.58. The van der Waals surface area contributed by atoms with Crippen molar-refractivity contribution in [2.75, 3.05) is 12.4 Å². The summed E-state index contributed by atoms with van der Waals surface area (Å²) in [6.07, 6.45) is 2.65. The van der Waals surface area contributed by atoms with Crippen LogP contribution in [0.4, 0.5) is 5.82 Å². The second kappa shape index (κ2) is 5.06. The third-order valence-corrected chi connectivity index (χ3v) is 1.82. The van der Waals surface area contributed by atoms with Crippen molar-refractivity contribution in [2.24, 2.45) is 5.73 Å². The number of esters is 1. The van der Waals surface area contributed by atoms with E-state index in [-0.39, 0.29) is 11.5 Å². The van der Waals surface area contributed by atoms with Crippen LogP contribution in [0.15, 0.2) is 12.4 Å². The molecule has 1 aromatic heterocycles. The molecule has 1 unspecified atom stereocenters. The Kier molecular flexibility index (Phi) is 3.76. The average Bonchev–Trinajstić information content (AvgIpc) is 2.28. The first kappa shape index (κ1) is 11.9. The molecule has 1 aromatic rings. The molecule has 7 heteroatoms. The molecule has 1 rings (SSSR count). The summed E-state index contributed by atoms with van der Waals surface area (Å²) in [5.41, 5.74) is 5.13. The Hall–Kier alpha value is -2.18. The van der Waals surface area contributed by atoms with E-state index in [0.29, 0.717) is 0 Å². The van der Waals surface area contributed by atoms with Crippen molar-refractivity contribution in [3.05, 3.63) is 18.1 Å². The lowest BCUT2D eigenvalue weighted by Gasteiger charge is -2.10. The summed E-state index contributed by atoms with van der Waals surface area (Å²) in [5.74, 6) is -0.831. The Morgan fingerprint density at radius 1 is 1.50 bits per heavy atom. The molecule has 0 bridgehead atoms. The van der Waals surface area contributed by atoms with E-state index in [1.54, 1.807) is 6.92 Å². The van der Waals surface area contributed by atoms with Crippen LogP contribution in [-0.4, -0.2) is 35.0 Å². The maximum Gasteiger partial charge on any atom is 0.358 e. The fourth-order valence-corrected chi connectivity index (χ4v) is 0.931. The lowest BCUT2D eigenvalue weighted by molar-refractivity contribution is -0.118. The van der Waals surface area contributed by atoms with Crippen molar-refractivity contribution in [3.63, 3.8) is 0 Å². The van der Waals surface area contributed by atoms with E-state index in [1.807, 2.05) is 0 Å². The zero-order valence-corrected chi connectivity index (χ0v) is 8.93. The standard InChI is InChI=1S/C9H12N4O3/c1-5(8(10)14)12-7-4-11-3-6(13-7)9(15)16-2/h3-5H,1-2H3,(H2,10,14)(H,12,13). The SMILES string of the molecule is COC(=O)c1cncc(NC(C)C(N)=O)n1. The first-order valence-corrected chi connectivity index (χ1v) is 4.50. The van der Waals surface area contributed by atoms with Gasteiger partial charge in [0.25, 0.3) is 0 Å². The van der Waals surface area contributed by atoms with Gasteiger partial charge in [0, 0.05) is 0 Å². The van der Waals surface area contributed by atoms with Gasteiger partial charge in [-0.3, -0.25) is 9.78 Å². The molecule has 0 aliphatic heterocycles. The highest BCUT2D eigenvalue weighted by Gasteiger charge is 2.12. The van der Waals surface area contributed by atoms with Gasteiger partial charge in [-0.1, -0.05) is 0 Å². The summed E-state index contributed by atoms with van der Waals surface area (Å²) in [6, 6.07) is -0.595. The first-order chi connectivity index (χ1) is 7.54. The van der Waals surface area contributed by atoms with Gasteiger partial charge in [0.15, 0.2) is 5.69 Å². The summed E-state index contributed by atoms with van der Waals surface area (Å²) < 4.78 is 4.48. The predicted octanol–water partition coefficient (Wildman–Crippen LogP) is -0.451. The Balaban J connectivity index is 2.82. The smallest absolute Gasteiger partial charge is 0.358 e. The van der Waals surface area contributed by atoms with Crippen LogP contribution in [-0.2, 0) is 9.53 Å². The number of primary amides is 1. The van der Waals surface area contributed by atoms with Crippen LogP contribution >= 0.6 is 0 Å². The van der Waals surface area contributed by atoms with Gasteiger partial charge in [-0.15, -0.1) is 0 Å². The van der Waals surface area contributed by atoms with Gasteiger partial charge >= 0.3 is 5.97 Å². The molecule has 0 aromatic carbocycles. The average molecular weight is 224 g/mol. The molecule has 3 N–H and O–H groups in total. The largest absolute Gasteiger partial charge is 0.464 e. The molecule has 0 saturated heterocycles. The fraction of sp³-hybridized carbons (Fsp3) is 0.333. The van der Waals surface area contributed by atoms with Crippen LogP contribution in [0.3, 0.4) is 0 Å². The van der Waals surface area contributed by atoms with E-state index >= 15 is 0 Å². The molecule has 0 spiro atoms. The van der Waals surface area contributed by atoms with E-state index < -0.39 is 17.9 Å². The van der Waals surface area contributed by atoms with Gasteiger partial charge in [-0.25, -0.2) is 9.78 Å². The van der Waals surface area contributed by atoms with Gasteiger partial charge in [-0.2, -0.15) is 0 Å². The summed E-state index contributed by atoms with van der Waals surface area (Å²) in [7, 11) is 1.25. The molecule has 1 atom stereocenters. The molecule has 0 aliphatic rings. The van der Waals surface area contributed by atoms with Crippen molar-refractivity contribution in [2.45, 2.75) is 13.0 Å². The molecule has 0 radical (unpaired) electrons. The Labute approximate surface area is 92.0 Å². The van der Waals surface area contributed by atoms with Gasteiger partial charge < -0.3 is 15.8 Å². The molecule has 0 saturated carbocycles. The number of methoxy groups -OCH3 is 1. The number of nitrogens with zero attached hydrogens (tertiary/aromatic N) is 2. The Morgan fingerprint density at radius 3 is 2.75 bits per heavy atom. The number of amides is 1. The molecule has 16 heavy (non-hydrogen) atoms. The number of nitrogens with one attached hydrogen (secondary N) is 1. The zero-order chi connectivity index (χ0) is 12.1. The third-order valence-electron chi connectivity index (χ3n) is 1.82. The van der Waals surface area contributed by atoms with Crippen LogP contribution in [0.5, 0.6) is 0 Å². The minimum atomic E-state index is -0.595. The second-order valence-electron chi connectivity index (χ2n) is 3.05. The molecule has 1 amide bonds. The molecule has 7 nitrogen and oxygen atoms in total. The minimum absolute atomic E-state index is 0.0594. The number of hydrogen-bond acceptors (Lipinski definition) is 6. The van der Waals surface area contributed by atoms with Gasteiger partial charge in [0.1, 0.15) is 11.9 Å². The van der Waals surface area contributed by atoms with Crippen molar-refractivity contribution >= 4 is 17.7 Å². The summed E-state index contributed by atoms with van der Waals surface area (Å²) in [4.78, 5) is 29.6. The van der Waals surface area contributed by atoms with Crippen molar-refractivity contribution in [1.29, 1.82) is 0 Å². The first-order valence-electron chi connectivity index (χ1n) is 4.50. The van der Waals surface area contributed by atoms with Gasteiger partial charge in [-0.05, 0) is 6.92 Å². The maximum absolute atomic E-state index is 11.1. The van der Waals surface area contributed by atoms with Crippen LogP contribution < -0.4 is 11.1 Å². The lowest BCUT2D eigenvalue weighted by Crippen LogP contribution is -2.32. The highest BCUT2D eigenvalue weighted by Crippen LogP contribution is 2.04. The molecule has 86 valence electrons. The topological polar surface area (TPSA) is 107 Å². The van der Waals surface area contributed by atoms with Crippen LogP contribution in [0.2, 0.25) is 0 Å². The van der Waals surface area contributed by atoms with Crippen LogP contribution in [0.1, 0.15) is 17.4 Å². The zero-order valence-electron chi connectivity index (χ0n) is 8.93. The van der Waals surface area contributed by atoms with Crippen LogP contribution in [0.25, 0.3) is 0 Å². The van der Waals surface area contributed by atoms with E-state index in [2.05, 4.69) is 20.0 Å². The van der Waals surface area contributed by atoms with Crippen molar-refractivity contribution < 1.29 is 14.3 Å². The third kappa shape index (κ3) is 2.91. The molecule has 0 aliphatic carbocycles. The monoisotopic (exact) mass is 224 g/mol. The molecular formula is C9H12N4O3. The molecular weight excluding hydrogens is 212 g/mol. The number of ether oxygens (including phenoxy) is 1. The van der Waals surface area contributed by atoms with Gasteiger partial charge in [0.05, 0.1) is 19.5 Å². The number of carbonyl (C=O) groups excluding carboxylic acids is 2. The maximum atomic E-state index is 11.1.